The summed E-state index contributed by atoms with van der Waals surface area (Å²) in [5.41, 5.74) is 0. The monoisotopic (exact) mass is 194 g/mol. The first kappa shape index (κ1) is 11.8. The third-order valence-electron chi connectivity index (χ3n) is 1.29. The van der Waals surface area contributed by atoms with Crippen LogP contribution in [0.25, 0.3) is 0 Å². The highest BCUT2D eigenvalue weighted by molar-refractivity contribution is 5.65. The van der Waals surface area contributed by atoms with E-state index in [1.807, 2.05) is 0 Å². The number of hydrogen-bond donors (Lipinski definition) is 4. The van der Waals surface area contributed by atoms with E-state index in [0.29, 0.717) is 0 Å². The van der Waals surface area contributed by atoms with Crippen LogP contribution in [-0.4, -0.2) is 57.8 Å². The molecule has 0 aliphatic heterocycles. The lowest BCUT2D eigenvalue weighted by Crippen LogP contribution is -2.42. The summed E-state index contributed by atoms with van der Waals surface area (Å²) in [7, 11) is 0. The summed E-state index contributed by atoms with van der Waals surface area (Å²) in [6.07, 6.45) is -6.80. The Bertz CT molecular complexity index is 180. The highest BCUT2D eigenvalue weighted by Gasteiger charge is 2.28. The first-order valence-corrected chi connectivity index (χ1v) is 3.34. The Morgan fingerprint density at radius 2 is 2.00 bits per heavy atom. The fourth-order valence-electron chi connectivity index (χ4n) is 0.621. The quantitative estimate of drug-likeness (QED) is 0.293. The van der Waals surface area contributed by atoms with Crippen molar-refractivity contribution in [3.63, 3.8) is 0 Å². The second kappa shape index (κ2) is 5.46. The van der Waals surface area contributed by atoms with Crippen LogP contribution >= 0.6 is 0 Å². The zero-order valence-corrected chi connectivity index (χ0v) is 6.53. The van der Waals surface area contributed by atoms with Crippen LogP contribution in [0.2, 0.25) is 0 Å². The second-order valence-corrected chi connectivity index (χ2v) is 2.22. The van der Waals surface area contributed by atoms with Crippen molar-refractivity contribution < 1.29 is 34.8 Å². The Labute approximate surface area is 73.2 Å². The molecule has 0 rings (SSSR count). The molecule has 0 unspecified atom stereocenters. The molecule has 0 saturated heterocycles. The summed E-state index contributed by atoms with van der Waals surface area (Å²) in [5, 5.41) is 34.2. The SMILES string of the molecule is O=C[C@@H](OC(=O)O)[C@H](O)[C@H](O)CO. The molecular formula is C6H10O7. The zero-order chi connectivity index (χ0) is 10.4. The van der Waals surface area contributed by atoms with Crippen molar-refractivity contribution in [3.8, 4) is 0 Å². The average molecular weight is 194 g/mol. The lowest BCUT2D eigenvalue weighted by atomic mass is 10.1. The molecular weight excluding hydrogens is 184 g/mol. The van der Waals surface area contributed by atoms with E-state index in [1.54, 1.807) is 0 Å². The summed E-state index contributed by atoms with van der Waals surface area (Å²) in [4.78, 5) is 20.1. The third-order valence-corrected chi connectivity index (χ3v) is 1.29. The number of carbonyl (C=O) groups is 2. The van der Waals surface area contributed by atoms with Crippen molar-refractivity contribution in [1.82, 2.24) is 0 Å². The fourth-order valence-corrected chi connectivity index (χ4v) is 0.621. The molecule has 0 aromatic rings. The average Bonchev–Trinajstić information content (AvgIpc) is 2.11. The predicted octanol–water partition coefficient (Wildman–Crippen LogP) is -2.04. The van der Waals surface area contributed by atoms with Gasteiger partial charge in [0.1, 0.15) is 12.2 Å². The molecule has 0 aliphatic rings. The predicted molar refractivity (Wildman–Crippen MR) is 38.1 cm³/mol. The number of hydrogen-bond acceptors (Lipinski definition) is 6. The lowest BCUT2D eigenvalue weighted by Gasteiger charge is -2.19. The first-order valence-electron chi connectivity index (χ1n) is 3.34. The van der Waals surface area contributed by atoms with Crippen LogP contribution in [0.5, 0.6) is 0 Å². The molecule has 0 amide bonds. The summed E-state index contributed by atoms with van der Waals surface area (Å²) in [6.45, 7) is -0.797. The lowest BCUT2D eigenvalue weighted by molar-refractivity contribution is -0.130. The van der Waals surface area contributed by atoms with E-state index in [4.69, 9.17) is 20.4 Å². The molecule has 0 aliphatic carbocycles. The standard InChI is InChI=1S/C6H10O7/c7-1-3(9)5(10)4(2-8)13-6(11)12/h2-5,7,9-10H,1H2,(H,11,12)/t3-,4-,5-/m1/s1. The molecule has 0 aromatic carbocycles. The molecule has 0 radical (unpaired) electrons. The van der Waals surface area contributed by atoms with E-state index in [2.05, 4.69) is 4.74 Å². The molecule has 7 nitrogen and oxygen atoms in total. The molecule has 0 aromatic heterocycles. The van der Waals surface area contributed by atoms with Crippen LogP contribution in [0.1, 0.15) is 0 Å². The second-order valence-electron chi connectivity index (χ2n) is 2.22. The Morgan fingerprint density at radius 3 is 2.31 bits per heavy atom. The minimum atomic E-state index is -1.77. The van der Waals surface area contributed by atoms with Crippen LogP contribution in [-0.2, 0) is 9.53 Å². The van der Waals surface area contributed by atoms with Gasteiger partial charge in [-0.3, -0.25) is 4.79 Å². The van der Waals surface area contributed by atoms with Crippen molar-refractivity contribution >= 4 is 12.4 Å². The Morgan fingerprint density at radius 1 is 1.46 bits per heavy atom. The van der Waals surface area contributed by atoms with Gasteiger partial charge in [-0.25, -0.2) is 4.79 Å². The van der Waals surface area contributed by atoms with E-state index in [1.165, 1.54) is 0 Å². The Kier molecular flexibility index (Phi) is 4.97. The normalized spacial score (nSPS) is 17.2. The number of rotatable bonds is 5. The van der Waals surface area contributed by atoms with Gasteiger partial charge in [0.2, 0.25) is 0 Å². The molecule has 7 heteroatoms. The highest BCUT2D eigenvalue weighted by Crippen LogP contribution is 2.02. The fraction of sp³-hybridized carbons (Fsp3) is 0.667. The van der Waals surface area contributed by atoms with E-state index in [0.717, 1.165) is 0 Å². The Balaban J connectivity index is 4.21. The molecule has 4 N–H and O–H groups in total. The summed E-state index contributed by atoms with van der Waals surface area (Å²) >= 11 is 0. The number of aliphatic hydroxyl groups excluding tert-OH is 3. The van der Waals surface area contributed by atoms with Crippen molar-refractivity contribution in [2.75, 3.05) is 6.61 Å². The van der Waals surface area contributed by atoms with Gasteiger partial charge in [-0.2, -0.15) is 0 Å². The largest absolute Gasteiger partial charge is 0.506 e. The van der Waals surface area contributed by atoms with Gasteiger partial charge in [-0.1, -0.05) is 0 Å². The van der Waals surface area contributed by atoms with Crippen LogP contribution < -0.4 is 0 Å². The van der Waals surface area contributed by atoms with Gasteiger partial charge >= 0.3 is 6.16 Å². The number of aliphatic hydroxyl groups is 3. The van der Waals surface area contributed by atoms with Crippen molar-refractivity contribution in [1.29, 1.82) is 0 Å². The van der Waals surface area contributed by atoms with E-state index in [-0.39, 0.29) is 6.29 Å². The number of carboxylic acid groups (broad SMARTS) is 1. The smallest absolute Gasteiger partial charge is 0.450 e. The summed E-state index contributed by atoms with van der Waals surface area (Å²) in [5.74, 6) is 0. The third kappa shape index (κ3) is 3.83. The summed E-state index contributed by atoms with van der Waals surface area (Å²) in [6, 6.07) is 0. The maximum Gasteiger partial charge on any atom is 0.506 e. The van der Waals surface area contributed by atoms with E-state index in [9.17, 15) is 9.59 Å². The molecule has 0 saturated carbocycles. The summed E-state index contributed by atoms with van der Waals surface area (Å²) < 4.78 is 3.91. The van der Waals surface area contributed by atoms with Gasteiger partial charge in [0.15, 0.2) is 12.4 Å². The van der Waals surface area contributed by atoms with Gasteiger partial charge in [0, 0.05) is 0 Å². The van der Waals surface area contributed by atoms with Gasteiger partial charge in [0.25, 0.3) is 0 Å². The number of carbonyl (C=O) groups excluding carboxylic acids is 1. The minimum absolute atomic E-state index is 0.0255. The van der Waals surface area contributed by atoms with Gasteiger partial charge < -0.3 is 25.2 Å². The molecule has 0 heterocycles. The first-order chi connectivity index (χ1) is 6.02. The van der Waals surface area contributed by atoms with Crippen LogP contribution in [0.3, 0.4) is 0 Å². The highest BCUT2D eigenvalue weighted by atomic mass is 16.7. The number of aldehydes is 1. The van der Waals surface area contributed by atoms with Crippen LogP contribution in [0, 0.1) is 0 Å². The maximum atomic E-state index is 10.2. The topological polar surface area (TPSA) is 124 Å². The van der Waals surface area contributed by atoms with Gasteiger partial charge in [0.05, 0.1) is 6.61 Å². The van der Waals surface area contributed by atoms with Gasteiger partial charge in [-0.15, -0.1) is 0 Å². The molecule has 0 spiro atoms. The zero-order valence-electron chi connectivity index (χ0n) is 6.53. The molecule has 3 atom stereocenters. The van der Waals surface area contributed by atoms with Gasteiger partial charge in [-0.05, 0) is 0 Å². The Hall–Kier alpha value is -1.18. The molecule has 76 valence electrons. The van der Waals surface area contributed by atoms with Crippen LogP contribution in [0.4, 0.5) is 4.79 Å². The van der Waals surface area contributed by atoms with E-state index >= 15 is 0 Å². The van der Waals surface area contributed by atoms with Crippen LogP contribution in [0.15, 0.2) is 0 Å². The minimum Gasteiger partial charge on any atom is -0.450 e. The molecule has 13 heavy (non-hydrogen) atoms. The molecule has 0 bridgehead atoms. The van der Waals surface area contributed by atoms with Crippen molar-refractivity contribution in [3.05, 3.63) is 0 Å². The van der Waals surface area contributed by atoms with Crippen molar-refractivity contribution in [2.24, 2.45) is 0 Å². The molecule has 0 fully saturated rings. The van der Waals surface area contributed by atoms with Crippen molar-refractivity contribution in [2.45, 2.75) is 18.3 Å². The van der Waals surface area contributed by atoms with E-state index < -0.39 is 31.1 Å². The number of ether oxygens (including phenoxy) is 1. The maximum absolute atomic E-state index is 10.2.